The highest BCUT2D eigenvalue weighted by Crippen LogP contribution is 2.19. The summed E-state index contributed by atoms with van der Waals surface area (Å²) >= 11 is 1.29. The van der Waals surface area contributed by atoms with Gasteiger partial charge in [-0.15, -0.1) is 11.3 Å². The number of thiophene rings is 1. The highest BCUT2D eigenvalue weighted by molar-refractivity contribution is 7.10. The van der Waals surface area contributed by atoms with Gasteiger partial charge in [0.05, 0.1) is 19.1 Å². The quantitative estimate of drug-likeness (QED) is 0.886. The summed E-state index contributed by atoms with van der Waals surface area (Å²) in [6, 6.07) is 3.69. The van der Waals surface area contributed by atoms with Crippen molar-refractivity contribution in [2.75, 3.05) is 7.05 Å². The monoisotopic (exact) mass is 294 g/mol. The van der Waals surface area contributed by atoms with Crippen LogP contribution in [0.4, 0.5) is 4.79 Å². The van der Waals surface area contributed by atoms with Gasteiger partial charge in [-0.3, -0.25) is 0 Å². The van der Waals surface area contributed by atoms with Crippen LogP contribution in [-0.4, -0.2) is 29.1 Å². The molecule has 0 saturated carbocycles. The molecule has 106 valence electrons. The Labute approximate surface area is 119 Å². The first-order chi connectivity index (χ1) is 9.58. The number of carbonyl (C=O) groups excluding carboxylic acids is 1. The second kappa shape index (κ2) is 6.25. The molecular formula is C13H14N2O4S. The predicted molar refractivity (Wildman–Crippen MR) is 73.4 cm³/mol. The number of furan rings is 1. The Bertz CT molecular complexity index is 565. The van der Waals surface area contributed by atoms with E-state index in [2.05, 4.69) is 5.32 Å². The smallest absolute Gasteiger partial charge is 0.331 e. The zero-order valence-corrected chi connectivity index (χ0v) is 11.6. The second-order valence-corrected chi connectivity index (χ2v) is 5.20. The highest BCUT2D eigenvalue weighted by atomic mass is 32.1. The Morgan fingerprint density at radius 1 is 1.50 bits per heavy atom. The number of carboxylic acids is 1. The van der Waals surface area contributed by atoms with Crippen LogP contribution in [0.5, 0.6) is 0 Å². The summed E-state index contributed by atoms with van der Waals surface area (Å²) in [5.74, 6) is -1.09. The van der Waals surface area contributed by atoms with E-state index in [0.29, 0.717) is 11.4 Å². The molecule has 0 aliphatic rings. The average molecular weight is 294 g/mol. The number of hydrogen-bond acceptors (Lipinski definition) is 4. The maximum Gasteiger partial charge on any atom is 0.331 e. The molecule has 1 unspecified atom stereocenters. The Balaban J connectivity index is 1.99. The molecule has 0 aliphatic heterocycles. The molecule has 7 heteroatoms. The van der Waals surface area contributed by atoms with Crippen molar-refractivity contribution >= 4 is 23.3 Å². The number of hydrogen-bond donors (Lipinski definition) is 2. The number of amides is 2. The van der Waals surface area contributed by atoms with Crippen molar-refractivity contribution in [2.24, 2.45) is 0 Å². The lowest BCUT2D eigenvalue weighted by atomic mass is 10.2. The first kappa shape index (κ1) is 14.1. The van der Waals surface area contributed by atoms with Crippen LogP contribution in [-0.2, 0) is 11.3 Å². The molecule has 2 aromatic rings. The van der Waals surface area contributed by atoms with E-state index in [9.17, 15) is 14.7 Å². The van der Waals surface area contributed by atoms with Crippen molar-refractivity contribution in [1.82, 2.24) is 10.2 Å². The van der Waals surface area contributed by atoms with Gasteiger partial charge in [0.15, 0.2) is 6.04 Å². The molecule has 2 rings (SSSR count). The predicted octanol–water partition coefficient (Wildman–Crippen LogP) is 2.31. The van der Waals surface area contributed by atoms with Crippen LogP contribution in [0, 0.1) is 0 Å². The lowest BCUT2D eigenvalue weighted by molar-refractivity contribution is -0.139. The standard InChI is InChI=1S/C13H14N2O4S/c1-15(7-9-4-5-19-8-9)13(18)14-11(12(16)17)10-3-2-6-20-10/h2-6,8,11H,7H2,1H3,(H,14,18)(H,16,17). The van der Waals surface area contributed by atoms with E-state index in [1.165, 1.54) is 28.8 Å². The van der Waals surface area contributed by atoms with Gasteiger partial charge in [-0.2, -0.15) is 0 Å². The number of nitrogens with zero attached hydrogens (tertiary/aromatic N) is 1. The van der Waals surface area contributed by atoms with Gasteiger partial charge in [0.1, 0.15) is 0 Å². The summed E-state index contributed by atoms with van der Waals surface area (Å²) in [6.07, 6.45) is 3.06. The van der Waals surface area contributed by atoms with Crippen LogP contribution < -0.4 is 5.32 Å². The molecule has 0 saturated heterocycles. The van der Waals surface area contributed by atoms with E-state index in [-0.39, 0.29) is 0 Å². The maximum absolute atomic E-state index is 12.0. The molecule has 0 aromatic carbocycles. The number of rotatable bonds is 5. The maximum atomic E-state index is 12.0. The molecule has 2 amide bonds. The minimum atomic E-state index is -1.09. The number of aliphatic carboxylic acids is 1. The molecule has 0 fully saturated rings. The number of urea groups is 1. The van der Waals surface area contributed by atoms with Crippen LogP contribution in [0.15, 0.2) is 40.5 Å². The second-order valence-electron chi connectivity index (χ2n) is 4.22. The van der Waals surface area contributed by atoms with Crippen LogP contribution in [0.25, 0.3) is 0 Å². The van der Waals surface area contributed by atoms with Crippen molar-refractivity contribution < 1.29 is 19.1 Å². The van der Waals surface area contributed by atoms with E-state index >= 15 is 0 Å². The summed E-state index contributed by atoms with van der Waals surface area (Å²) in [5, 5.41) is 13.5. The largest absolute Gasteiger partial charge is 0.479 e. The zero-order valence-electron chi connectivity index (χ0n) is 10.8. The zero-order chi connectivity index (χ0) is 14.5. The summed E-state index contributed by atoms with van der Waals surface area (Å²) < 4.78 is 4.92. The molecule has 6 nitrogen and oxygen atoms in total. The van der Waals surface area contributed by atoms with Crippen molar-refractivity contribution in [1.29, 1.82) is 0 Å². The molecule has 2 N–H and O–H groups in total. The topological polar surface area (TPSA) is 82.8 Å². The molecule has 2 aromatic heterocycles. The third kappa shape index (κ3) is 3.39. The van der Waals surface area contributed by atoms with Crippen molar-refractivity contribution in [3.63, 3.8) is 0 Å². The van der Waals surface area contributed by atoms with E-state index in [1.54, 1.807) is 30.6 Å². The molecule has 1 atom stereocenters. The molecule has 0 aliphatic carbocycles. The SMILES string of the molecule is CN(Cc1ccoc1)C(=O)NC(C(=O)O)c1cccs1. The molecule has 2 heterocycles. The Morgan fingerprint density at radius 3 is 2.85 bits per heavy atom. The van der Waals surface area contributed by atoms with Gasteiger partial charge in [-0.25, -0.2) is 9.59 Å². The molecular weight excluding hydrogens is 280 g/mol. The molecule has 0 bridgehead atoms. The third-order valence-corrected chi connectivity index (χ3v) is 3.63. The lowest BCUT2D eigenvalue weighted by Crippen LogP contribution is -2.41. The average Bonchev–Trinajstić information content (AvgIpc) is 3.07. The van der Waals surface area contributed by atoms with Gasteiger partial charge >= 0.3 is 12.0 Å². The van der Waals surface area contributed by atoms with Crippen LogP contribution in [0.1, 0.15) is 16.5 Å². The van der Waals surface area contributed by atoms with Gasteiger partial charge in [-0.05, 0) is 17.5 Å². The Morgan fingerprint density at radius 2 is 2.30 bits per heavy atom. The first-order valence-corrected chi connectivity index (χ1v) is 6.75. The van der Waals surface area contributed by atoms with E-state index < -0.39 is 18.0 Å². The normalized spacial score (nSPS) is 11.8. The van der Waals surface area contributed by atoms with Crippen LogP contribution in [0.3, 0.4) is 0 Å². The molecule has 0 radical (unpaired) electrons. The Kier molecular flexibility index (Phi) is 4.41. The van der Waals surface area contributed by atoms with Crippen molar-refractivity contribution in [3.8, 4) is 0 Å². The lowest BCUT2D eigenvalue weighted by Gasteiger charge is -2.20. The third-order valence-electron chi connectivity index (χ3n) is 2.69. The van der Waals surface area contributed by atoms with Gasteiger partial charge in [0.2, 0.25) is 0 Å². The first-order valence-electron chi connectivity index (χ1n) is 5.87. The summed E-state index contributed by atoms with van der Waals surface area (Å²) in [4.78, 5) is 25.2. The number of carbonyl (C=O) groups is 2. The van der Waals surface area contributed by atoms with Crippen molar-refractivity contribution in [3.05, 3.63) is 46.5 Å². The summed E-state index contributed by atoms with van der Waals surface area (Å²) in [7, 11) is 1.59. The molecule has 20 heavy (non-hydrogen) atoms. The van der Waals surface area contributed by atoms with E-state index in [4.69, 9.17) is 4.42 Å². The fourth-order valence-corrected chi connectivity index (χ4v) is 2.44. The minimum absolute atomic E-state index is 0.346. The van der Waals surface area contributed by atoms with Gasteiger partial charge in [0.25, 0.3) is 0 Å². The van der Waals surface area contributed by atoms with Crippen LogP contribution in [0.2, 0.25) is 0 Å². The minimum Gasteiger partial charge on any atom is -0.479 e. The number of carboxylic acid groups (broad SMARTS) is 1. The highest BCUT2D eigenvalue weighted by Gasteiger charge is 2.24. The summed E-state index contributed by atoms with van der Waals surface area (Å²) in [5.41, 5.74) is 0.839. The fourth-order valence-electron chi connectivity index (χ4n) is 1.67. The number of nitrogens with one attached hydrogen (secondary N) is 1. The van der Waals surface area contributed by atoms with E-state index in [0.717, 1.165) is 5.56 Å². The molecule has 0 spiro atoms. The van der Waals surface area contributed by atoms with E-state index in [1.807, 2.05) is 0 Å². The van der Waals surface area contributed by atoms with Gasteiger partial charge < -0.3 is 19.7 Å². The summed E-state index contributed by atoms with van der Waals surface area (Å²) in [6.45, 7) is 0.346. The van der Waals surface area contributed by atoms with Crippen molar-refractivity contribution in [2.45, 2.75) is 12.6 Å². The van der Waals surface area contributed by atoms with Gasteiger partial charge in [0, 0.05) is 17.5 Å². The van der Waals surface area contributed by atoms with Gasteiger partial charge in [-0.1, -0.05) is 6.07 Å². The van der Waals surface area contributed by atoms with Crippen LogP contribution >= 0.6 is 11.3 Å². The Hall–Kier alpha value is -2.28. The fraction of sp³-hybridized carbons (Fsp3) is 0.231.